The number of hydrogen-bond donors (Lipinski definition) is 1. The second-order valence-electron chi connectivity index (χ2n) is 4.01. The maximum atomic E-state index is 13.3. The van der Waals surface area contributed by atoms with Crippen LogP contribution in [0.4, 0.5) is 13.2 Å². The Kier molecular flexibility index (Phi) is 3.12. The van der Waals surface area contributed by atoms with Gasteiger partial charge in [-0.05, 0) is 36.2 Å². The number of aromatic nitrogens is 1. The molecule has 0 saturated carbocycles. The highest BCUT2D eigenvalue weighted by molar-refractivity contribution is 5.64. The van der Waals surface area contributed by atoms with Crippen LogP contribution in [0, 0.1) is 12.7 Å². The van der Waals surface area contributed by atoms with Crippen LogP contribution in [0.5, 0.6) is 0 Å². The minimum Gasteiger partial charge on any atom is -0.392 e. The summed E-state index contributed by atoms with van der Waals surface area (Å²) in [6, 6.07) is 4.52. The standard InChI is InChI=1S/C14H12F3NO/c1-8-11(7-19)4-10(6-18-8)9-2-3-13(15)12(5-9)14(16)17/h2-6,14,19H,7H2,1H3/i7D2. The molecular formula is C14H12F3NO. The van der Waals surface area contributed by atoms with Gasteiger partial charge in [0, 0.05) is 17.5 Å². The largest absolute Gasteiger partial charge is 0.392 e. The van der Waals surface area contributed by atoms with Gasteiger partial charge in [-0.1, -0.05) is 6.07 Å². The van der Waals surface area contributed by atoms with Crippen LogP contribution in [0.1, 0.15) is 26.0 Å². The van der Waals surface area contributed by atoms with Crippen LogP contribution in [-0.4, -0.2) is 10.1 Å². The van der Waals surface area contributed by atoms with Crippen LogP contribution >= 0.6 is 0 Å². The molecule has 0 aliphatic heterocycles. The molecule has 0 amide bonds. The molecule has 0 fully saturated rings. The summed E-state index contributed by atoms with van der Waals surface area (Å²) < 4.78 is 53.3. The second kappa shape index (κ2) is 5.40. The molecule has 19 heavy (non-hydrogen) atoms. The van der Waals surface area contributed by atoms with Crippen LogP contribution in [0.25, 0.3) is 11.1 Å². The normalized spacial score (nSPS) is 13.4. The number of alkyl halides is 2. The maximum absolute atomic E-state index is 13.3. The number of pyridine rings is 1. The van der Waals surface area contributed by atoms with Crippen molar-refractivity contribution in [3.63, 3.8) is 0 Å². The molecule has 0 aliphatic rings. The molecule has 1 aromatic carbocycles. The molecule has 0 spiro atoms. The predicted octanol–water partition coefficient (Wildman–Crippen LogP) is 3.63. The average molecular weight is 269 g/mol. The van der Waals surface area contributed by atoms with Gasteiger partial charge in [0.05, 0.1) is 14.9 Å². The van der Waals surface area contributed by atoms with E-state index < -0.39 is 24.4 Å². The van der Waals surface area contributed by atoms with Crippen molar-refractivity contribution in [2.75, 3.05) is 0 Å². The molecule has 2 nitrogen and oxygen atoms in total. The average Bonchev–Trinajstić information content (AvgIpc) is 2.38. The minimum absolute atomic E-state index is 0.0667. The molecule has 0 unspecified atom stereocenters. The van der Waals surface area contributed by atoms with Crippen molar-refractivity contribution in [2.24, 2.45) is 0 Å². The fourth-order valence-electron chi connectivity index (χ4n) is 1.69. The first kappa shape index (κ1) is 11.0. The monoisotopic (exact) mass is 269 g/mol. The first-order valence-corrected chi connectivity index (χ1v) is 5.47. The lowest BCUT2D eigenvalue weighted by molar-refractivity contribution is 0.146. The molecule has 0 aliphatic carbocycles. The Morgan fingerprint density at radius 3 is 2.68 bits per heavy atom. The van der Waals surface area contributed by atoms with Crippen molar-refractivity contribution in [1.82, 2.24) is 4.98 Å². The SMILES string of the molecule is [2H]C([2H])(O)c1cc(-c2ccc(F)c(C(F)F)c2)cnc1C. The molecule has 1 heterocycles. The number of halogens is 3. The van der Waals surface area contributed by atoms with E-state index in [1.807, 2.05) is 0 Å². The molecule has 100 valence electrons. The summed E-state index contributed by atoms with van der Waals surface area (Å²) >= 11 is 0. The highest BCUT2D eigenvalue weighted by Gasteiger charge is 2.14. The van der Waals surface area contributed by atoms with E-state index in [2.05, 4.69) is 4.98 Å². The number of hydrogen-bond acceptors (Lipinski definition) is 2. The Morgan fingerprint density at radius 2 is 2.05 bits per heavy atom. The molecule has 0 radical (unpaired) electrons. The summed E-state index contributed by atoms with van der Waals surface area (Å²) in [4.78, 5) is 3.94. The molecule has 0 saturated heterocycles. The van der Waals surface area contributed by atoms with Crippen LogP contribution < -0.4 is 0 Å². The van der Waals surface area contributed by atoms with Gasteiger partial charge in [0.2, 0.25) is 0 Å². The smallest absolute Gasteiger partial charge is 0.266 e. The number of aryl methyl sites for hydroxylation is 1. The summed E-state index contributed by atoms with van der Waals surface area (Å²) in [6.45, 7) is -1.08. The highest BCUT2D eigenvalue weighted by Crippen LogP contribution is 2.28. The molecular weight excluding hydrogens is 255 g/mol. The lowest BCUT2D eigenvalue weighted by Crippen LogP contribution is -1.95. The van der Waals surface area contributed by atoms with E-state index in [0.717, 1.165) is 12.1 Å². The van der Waals surface area contributed by atoms with E-state index in [1.165, 1.54) is 25.3 Å². The van der Waals surface area contributed by atoms with Gasteiger partial charge in [-0.25, -0.2) is 13.2 Å². The van der Waals surface area contributed by atoms with Crippen molar-refractivity contribution in [3.05, 3.63) is 53.1 Å². The lowest BCUT2D eigenvalue weighted by atomic mass is 10.0. The summed E-state index contributed by atoms with van der Waals surface area (Å²) in [7, 11) is 0. The zero-order chi connectivity index (χ0) is 15.8. The van der Waals surface area contributed by atoms with Crippen LogP contribution in [0.3, 0.4) is 0 Å². The topological polar surface area (TPSA) is 33.1 Å². The molecule has 1 N–H and O–H groups in total. The van der Waals surface area contributed by atoms with Crippen molar-refractivity contribution < 1.29 is 21.0 Å². The number of aliphatic hydroxyl groups is 1. The lowest BCUT2D eigenvalue weighted by Gasteiger charge is -2.08. The third-order valence-electron chi connectivity index (χ3n) is 2.77. The van der Waals surface area contributed by atoms with Crippen molar-refractivity contribution >= 4 is 0 Å². The van der Waals surface area contributed by atoms with Crippen molar-refractivity contribution in [3.8, 4) is 11.1 Å². The Labute approximate surface area is 111 Å². The van der Waals surface area contributed by atoms with Crippen LogP contribution in [-0.2, 0) is 6.56 Å². The van der Waals surface area contributed by atoms with E-state index in [4.69, 9.17) is 2.74 Å². The Hall–Kier alpha value is -1.88. The van der Waals surface area contributed by atoms with E-state index in [9.17, 15) is 18.3 Å². The first-order chi connectivity index (χ1) is 9.70. The Balaban J connectivity index is 2.55. The number of nitrogens with zero attached hydrogens (tertiary/aromatic N) is 1. The molecule has 2 aromatic rings. The maximum Gasteiger partial charge on any atom is 0.266 e. The quantitative estimate of drug-likeness (QED) is 0.923. The molecule has 1 aromatic heterocycles. The second-order valence-corrected chi connectivity index (χ2v) is 4.01. The van der Waals surface area contributed by atoms with Crippen LogP contribution in [0.2, 0.25) is 0 Å². The highest BCUT2D eigenvalue weighted by atomic mass is 19.3. The van der Waals surface area contributed by atoms with E-state index in [1.54, 1.807) is 0 Å². The van der Waals surface area contributed by atoms with E-state index in [0.29, 0.717) is 5.56 Å². The zero-order valence-corrected chi connectivity index (χ0v) is 9.99. The third kappa shape index (κ3) is 2.76. The molecule has 0 atom stereocenters. The van der Waals surface area contributed by atoms with Gasteiger partial charge < -0.3 is 5.11 Å². The fraction of sp³-hybridized carbons (Fsp3) is 0.214. The van der Waals surface area contributed by atoms with Gasteiger partial charge in [-0.3, -0.25) is 4.98 Å². The molecule has 0 bridgehead atoms. The zero-order valence-electron chi connectivity index (χ0n) is 12.0. The van der Waals surface area contributed by atoms with Gasteiger partial charge >= 0.3 is 0 Å². The van der Waals surface area contributed by atoms with Gasteiger partial charge in [-0.2, -0.15) is 0 Å². The molecule has 5 heteroatoms. The van der Waals surface area contributed by atoms with Gasteiger partial charge in [-0.15, -0.1) is 0 Å². The van der Waals surface area contributed by atoms with Crippen molar-refractivity contribution in [1.29, 1.82) is 0 Å². The summed E-state index contributed by atoms with van der Waals surface area (Å²) in [5, 5.41) is 9.44. The van der Waals surface area contributed by atoms with E-state index >= 15 is 0 Å². The Morgan fingerprint density at radius 1 is 1.32 bits per heavy atom. The molecule has 2 rings (SSSR count). The summed E-state index contributed by atoms with van der Waals surface area (Å²) in [5.41, 5.74) is 0.0622. The third-order valence-corrected chi connectivity index (χ3v) is 2.77. The number of rotatable bonds is 3. The Bertz CT molecular complexity index is 672. The summed E-state index contributed by atoms with van der Waals surface area (Å²) in [6.07, 6.45) is -1.60. The summed E-state index contributed by atoms with van der Waals surface area (Å²) in [5.74, 6) is -1.01. The predicted molar refractivity (Wildman–Crippen MR) is 65.2 cm³/mol. The van der Waals surface area contributed by atoms with Crippen LogP contribution in [0.15, 0.2) is 30.5 Å². The minimum atomic E-state index is -2.95. The van der Waals surface area contributed by atoms with Crippen molar-refractivity contribution in [2.45, 2.75) is 19.9 Å². The first-order valence-electron chi connectivity index (χ1n) is 6.47. The van der Waals surface area contributed by atoms with E-state index in [-0.39, 0.29) is 16.8 Å². The van der Waals surface area contributed by atoms with Gasteiger partial charge in [0.1, 0.15) is 5.82 Å². The fourth-order valence-corrected chi connectivity index (χ4v) is 1.69. The number of benzene rings is 1. The van der Waals surface area contributed by atoms with Gasteiger partial charge in [0.25, 0.3) is 6.43 Å². The van der Waals surface area contributed by atoms with Gasteiger partial charge in [0.15, 0.2) is 0 Å².